The molecule has 0 spiro atoms. The molecule has 0 saturated heterocycles. The fourth-order valence-electron chi connectivity index (χ4n) is 1.69. The first-order valence-corrected chi connectivity index (χ1v) is 5.24. The SMILES string of the molecule is CC(CF)N[C@H]1CC[C@@H](S)CC1. The van der Waals surface area contributed by atoms with E-state index in [0.29, 0.717) is 11.3 Å². The van der Waals surface area contributed by atoms with Crippen LogP contribution in [0.1, 0.15) is 32.6 Å². The standard InChI is InChI=1S/C9H18FNS/c1-7(6-10)11-8-2-4-9(12)5-3-8/h7-9,11-12H,2-6H2,1H3/t7?,8-,9+. The Balaban J connectivity index is 2.17. The van der Waals surface area contributed by atoms with Gasteiger partial charge in [0, 0.05) is 17.3 Å². The summed E-state index contributed by atoms with van der Waals surface area (Å²) in [5, 5.41) is 3.85. The van der Waals surface area contributed by atoms with Gasteiger partial charge in [0.1, 0.15) is 6.67 Å². The van der Waals surface area contributed by atoms with Crippen LogP contribution in [0.15, 0.2) is 0 Å². The molecule has 12 heavy (non-hydrogen) atoms. The second kappa shape index (κ2) is 5.07. The van der Waals surface area contributed by atoms with Gasteiger partial charge in [0.05, 0.1) is 0 Å². The third-order valence-corrected chi connectivity index (χ3v) is 2.96. The monoisotopic (exact) mass is 191 g/mol. The van der Waals surface area contributed by atoms with Crippen LogP contribution in [0.25, 0.3) is 0 Å². The van der Waals surface area contributed by atoms with Crippen molar-refractivity contribution >= 4 is 12.6 Å². The molecule has 0 radical (unpaired) electrons. The molecular formula is C9H18FNS. The summed E-state index contributed by atoms with van der Waals surface area (Å²) in [6.45, 7) is 1.63. The Morgan fingerprint density at radius 2 is 2.00 bits per heavy atom. The highest BCUT2D eigenvalue weighted by atomic mass is 32.1. The van der Waals surface area contributed by atoms with Crippen molar-refractivity contribution in [2.45, 2.75) is 49.9 Å². The third-order valence-electron chi connectivity index (χ3n) is 2.45. The van der Waals surface area contributed by atoms with E-state index in [4.69, 9.17) is 0 Å². The lowest BCUT2D eigenvalue weighted by Gasteiger charge is -2.28. The molecule has 0 heterocycles. The van der Waals surface area contributed by atoms with Gasteiger partial charge < -0.3 is 5.32 Å². The van der Waals surface area contributed by atoms with E-state index in [0.717, 1.165) is 12.8 Å². The lowest BCUT2D eigenvalue weighted by molar-refractivity contribution is 0.311. The summed E-state index contributed by atoms with van der Waals surface area (Å²) in [5.41, 5.74) is 0. The molecule has 1 rings (SSSR count). The predicted octanol–water partition coefficient (Wildman–Crippen LogP) is 2.17. The molecule has 72 valence electrons. The maximum Gasteiger partial charge on any atom is 0.104 e. The molecule has 0 aliphatic heterocycles. The van der Waals surface area contributed by atoms with Crippen molar-refractivity contribution in [3.63, 3.8) is 0 Å². The quantitative estimate of drug-likeness (QED) is 0.652. The topological polar surface area (TPSA) is 12.0 Å². The molecule has 0 bridgehead atoms. The van der Waals surface area contributed by atoms with Gasteiger partial charge in [0.15, 0.2) is 0 Å². The summed E-state index contributed by atoms with van der Waals surface area (Å²) < 4.78 is 12.1. The van der Waals surface area contributed by atoms with Crippen LogP contribution >= 0.6 is 12.6 Å². The van der Waals surface area contributed by atoms with E-state index in [1.165, 1.54) is 12.8 Å². The molecular weight excluding hydrogens is 173 g/mol. The molecule has 1 saturated carbocycles. The van der Waals surface area contributed by atoms with Crippen LogP contribution in [0, 0.1) is 0 Å². The average Bonchev–Trinajstić information content (AvgIpc) is 2.09. The first-order chi connectivity index (χ1) is 5.72. The minimum Gasteiger partial charge on any atom is -0.309 e. The minimum atomic E-state index is -0.263. The van der Waals surface area contributed by atoms with Gasteiger partial charge >= 0.3 is 0 Å². The Morgan fingerprint density at radius 3 is 2.50 bits per heavy atom. The van der Waals surface area contributed by atoms with Gasteiger partial charge in [-0.05, 0) is 32.6 Å². The Morgan fingerprint density at radius 1 is 1.42 bits per heavy atom. The van der Waals surface area contributed by atoms with Crippen LogP contribution < -0.4 is 5.32 Å². The maximum atomic E-state index is 12.1. The summed E-state index contributed by atoms with van der Waals surface area (Å²) >= 11 is 4.41. The number of nitrogens with one attached hydrogen (secondary N) is 1. The summed E-state index contributed by atoms with van der Waals surface area (Å²) in [7, 11) is 0. The average molecular weight is 191 g/mol. The van der Waals surface area contributed by atoms with Gasteiger partial charge in [-0.3, -0.25) is 0 Å². The second-order valence-electron chi connectivity index (χ2n) is 3.73. The Bertz CT molecular complexity index is 124. The molecule has 0 aromatic rings. The zero-order valence-corrected chi connectivity index (χ0v) is 8.49. The third kappa shape index (κ3) is 3.31. The van der Waals surface area contributed by atoms with Crippen LogP contribution in [0.5, 0.6) is 0 Å². The van der Waals surface area contributed by atoms with E-state index in [1.54, 1.807) is 0 Å². The van der Waals surface area contributed by atoms with E-state index in [1.807, 2.05) is 6.92 Å². The molecule has 0 aromatic carbocycles. The summed E-state index contributed by atoms with van der Waals surface area (Å²) in [5.74, 6) is 0. The Labute approximate surface area is 79.5 Å². The first kappa shape index (κ1) is 10.3. The Kier molecular flexibility index (Phi) is 4.36. The van der Waals surface area contributed by atoms with Crippen LogP contribution in [0.2, 0.25) is 0 Å². The largest absolute Gasteiger partial charge is 0.309 e. The fourth-order valence-corrected chi connectivity index (χ4v) is 1.99. The number of hydrogen-bond acceptors (Lipinski definition) is 2. The number of alkyl halides is 1. The van der Waals surface area contributed by atoms with Gasteiger partial charge in [0.2, 0.25) is 0 Å². The van der Waals surface area contributed by atoms with Crippen molar-refractivity contribution in [3.05, 3.63) is 0 Å². The normalized spacial score (nSPS) is 33.2. The van der Waals surface area contributed by atoms with E-state index in [9.17, 15) is 4.39 Å². The lowest BCUT2D eigenvalue weighted by atomic mass is 9.94. The number of rotatable bonds is 3. The number of thiol groups is 1. The molecule has 1 aliphatic rings. The molecule has 1 atom stereocenters. The smallest absolute Gasteiger partial charge is 0.104 e. The van der Waals surface area contributed by atoms with Gasteiger partial charge in [-0.15, -0.1) is 0 Å². The maximum absolute atomic E-state index is 12.1. The predicted molar refractivity (Wildman–Crippen MR) is 53.6 cm³/mol. The summed E-state index contributed by atoms with van der Waals surface area (Å²) in [6.07, 6.45) is 4.64. The zero-order valence-electron chi connectivity index (χ0n) is 7.59. The fraction of sp³-hybridized carbons (Fsp3) is 1.00. The molecule has 1 fully saturated rings. The van der Waals surface area contributed by atoms with Gasteiger partial charge in [-0.25, -0.2) is 4.39 Å². The first-order valence-electron chi connectivity index (χ1n) is 4.72. The van der Waals surface area contributed by atoms with Crippen molar-refractivity contribution in [2.24, 2.45) is 0 Å². The van der Waals surface area contributed by atoms with Crippen LogP contribution in [-0.4, -0.2) is 24.0 Å². The van der Waals surface area contributed by atoms with E-state index >= 15 is 0 Å². The van der Waals surface area contributed by atoms with Crippen LogP contribution in [-0.2, 0) is 0 Å². The van der Waals surface area contributed by atoms with Crippen molar-refractivity contribution in [3.8, 4) is 0 Å². The lowest BCUT2D eigenvalue weighted by Crippen LogP contribution is -2.40. The molecule has 0 amide bonds. The summed E-state index contributed by atoms with van der Waals surface area (Å²) in [6, 6.07) is 0.547. The van der Waals surface area contributed by atoms with Gasteiger partial charge in [-0.2, -0.15) is 12.6 Å². The highest BCUT2D eigenvalue weighted by Crippen LogP contribution is 2.22. The molecule has 1 nitrogen and oxygen atoms in total. The van der Waals surface area contributed by atoms with E-state index in [-0.39, 0.29) is 12.7 Å². The van der Waals surface area contributed by atoms with Gasteiger partial charge in [0.25, 0.3) is 0 Å². The van der Waals surface area contributed by atoms with Crippen LogP contribution in [0.3, 0.4) is 0 Å². The highest BCUT2D eigenvalue weighted by molar-refractivity contribution is 7.80. The molecule has 3 heteroatoms. The number of hydrogen-bond donors (Lipinski definition) is 2. The second-order valence-corrected chi connectivity index (χ2v) is 4.46. The molecule has 1 unspecified atom stereocenters. The van der Waals surface area contributed by atoms with Crippen molar-refractivity contribution in [1.82, 2.24) is 5.32 Å². The molecule has 1 N–H and O–H groups in total. The minimum absolute atomic E-state index is 0.0199. The van der Waals surface area contributed by atoms with Gasteiger partial charge in [-0.1, -0.05) is 0 Å². The Hall–Kier alpha value is 0.240. The zero-order chi connectivity index (χ0) is 8.97. The van der Waals surface area contributed by atoms with Crippen molar-refractivity contribution < 1.29 is 4.39 Å². The van der Waals surface area contributed by atoms with Crippen molar-refractivity contribution in [1.29, 1.82) is 0 Å². The summed E-state index contributed by atoms with van der Waals surface area (Å²) in [4.78, 5) is 0. The number of halogens is 1. The molecule has 0 aromatic heterocycles. The van der Waals surface area contributed by atoms with E-state index < -0.39 is 0 Å². The van der Waals surface area contributed by atoms with Crippen LogP contribution in [0.4, 0.5) is 4.39 Å². The highest BCUT2D eigenvalue weighted by Gasteiger charge is 2.19. The van der Waals surface area contributed by atoms with Crippen molar-refractivity contribution in [2.75, 3.05) is 6.67 Å². The molecule has 1 aliphatic carbocycles. The van der Waals surface area contributed by atoms with E-state index in [2.05, 4.69) is 17.9 Å².